The lowest BCUT2D eigenvalue weighted by Crippen LogP contribution is -2.05. The fraction of sp³-hybridized carbons (Fsp3) is 0.200. The maximum absolute atomic E-state index is 13.0. The average molecular weight is 228 g/mol. The highest BCUT2D eigenvalue weighted by Crippen LogP contribution is 2.23. The summed E-state index contributed by atoms with van der Waals surface area (Å²) in [4.78, 5) is 11.0. The van der Waals surface area contributed by atoms with Crippen LogP contribution in [0.3, 0.4) is 0 Å². The SMILES string of the molecule is COC(=O)Cc1ccc(F)c(C#N)c1Cl. The molecule has 0 saturated heterocycles. The number of hydrogen-bond donors (Lipinski definition) is 0. The van der Waals surface area contributed by atoms with Gasteiger partial charge in [-0.3, -0.25) is 4.79 Å². The van der Waals surface area contributed by atoms with E-state index in [0.29, 0.717) is 5.56 Å². The number of hydrogen-bond acceptors (Lipinski definition) is 3. The maximum Gasteiger partial charge on any atom is 0.310 e. The largest absolute Gasteiger partial charge is 0.469 e. The molecule has 1 rings (SSSR count). The van der Waals surface area contributed by atoms with Gasteiger partial charge >= 0.3 is 5.97 Å². The molecule has 15 heavy (non-hydrogen) atoms. The lowest BCUT2D eigenvalue weighted by molar-refractivity contribution is -0.139. The Morgan fingerprint density at radius 2 is 2.33 bits per heavy atom. The Hall–Kier alpha value is -1.60. The first-order valence-corrected chi connectivity index (χ1v) is 4.41. The molecular formula is C10H7ClFNO2. The molecular weight excluding hydrogens is 221 g/mol. The van der Waals surface area contributed by atoms with Crippen LogP contribution >= 0.6 is 11.6 Å². The number of carbonyl (C=O) groups excluding carboxylic acids is 1. The van der Waals surface area contributed by atoms with Crippen LogP contribution in [-0.4, -0.2) is 13.1 Å². The third-order valence-electron chi connectivity index (χ3n) is 1.85. The summed E-state index contributed by atoms with van der Waals surface area (Å²) in [6.45, 7) is 0. The summed E-state index contributed by atoms with van der Waals surface area (Å²) in [6, 6.07) is 4.09. The second-order valence-corrected chi connectivity index (χ2v) is 3.14. The van der Waals surface area contributed by atoms with Crippen molar-refractivity contribution in [2.45, 2.75) is 6.42 Å². The number of nitrogens with zero attached hydrogens (tertiary/aromatic N) is 1. The number of halogens is 2. The maximum atomic E-state index is 13.0. The molecule has 0 aliphatic rings. The zero-order valence-corrected chi connectivity index (χ0v) is 8.64. The Labute approximate surface area is 91.0 Å². The van der Waals surface area contributed by atoms with Crippen molar-refractivity contribution in [3.63, 3.8) is 0 Å². The lowest BCUT2D eigenvalue weighted by atomic mass is 10.1. The predicted molar refractivity (Wildman–Crippen MR) is 51.8 cm³/mol. The van der Waals surface area contributed by atoms with Gasteiger partial charge in [-0.2, -0.15) is 5.26 Å². The van der Waals surface area contributed by atoms with Crippen molar-refractivity contribution in [3.8, 4) is 6.07 Å². The second kappa shape index (κ2) is 4.76. The molecule has 0 radical (unpaired) electrons. The van der Waals surface area contributed by atoms with Crippen LogP contribution in [0.4, 0.5) is 4.39 Å². The van der Waals surface area contributed by atoms with Crippen LogP contribution in [0.5, 0.6) is 0 Å². The second-order valence-electron chi connectivity index (χ2n) is 2.76. The first-order valence-electron chi connectivity index (χ1n) is 4.04. The van der Waals surface area contributed by atoms with E-state index in [4.69, 9.17) is 16.9 Å². The van der Waals surface area contributed by atoms with Gasteiger partial charge in [-0.1, -0.05) is 17.7 Å². The minimum absolute atomic E-state index is 0.0390. The van der Waals surface area contributed by atoms with Gasteiger partial charge in [0.25, 0.3) is 0 Å². The zero-order chi connectivity index (χ0) is 11.4. The molecule has 0 aliphatic carbocycles. The van der Waals surface area contributed by atoms with Crippen molar-refractivity contribution < 1.29 is 13.9 Å². The van der Waals surface area contributed by atoms with Crippen molar-refractivity contribution >= 4 is 17.6 Å². The Balaban J connectivity index is 3.12. The summed E-state index contributed by atoms with van der Waals surface area (Å²) >= 11 is 5.74. The van der Waals surface area contributed by atoms with Crippen LogP contribution in [0.1, 0.15) is 11.1 Å². The molecule has 0 unspecified atom stereocenters. The van der Waals surface area contributed by atoms with Gasteiger partial charge in [-0.05, 0) is 11.6 Å². The van der Waals surface area contributed by atoms with Gasteiger partial charge in [0.05, 0.1) is 18.6 Å². The van der Waals surface area contributed by atoms with E-state index >= 15 is 0 Å². The molecule has 0 bridgehead atoms. The van der Waals surface area contributed by atoms with E-state index in [1.165, 1.54) is 13.2 Å². The molecule has 0 fully saturated rings. The zero-order valence-electron chi connectivity index (χ0n) is 7.88. The number of carbonyl (C=O) groups is 1. The number of esters is 1. The molecule has 5 heteroatoms. The van der Waals surface area contributed by atoms with E-state index in [2.05, 4.69) is 4.74 Å². The summed E-state index contributed by atoms with van der Waals surface area (Å²) in [6.07, 6.45) is -0.0791. The van der Waals surface area contributed by atoms with Crippen molar-refractivity contribution in [1.82, 2.24) is 0 Å². The summed E-state index contributed by atoms with van der Waals surface area (Å²) < 4.78 is 17.5. The molecule has 1 aromatic carbocycles. The monoisotopic (exact) mass is 227 g/mol. The minimum Gasteiger partial charge on any atom is -0.469 e. The van der Waals surface area contributed by atoms with Gasteiger partial charge in [-0.15, -0.1) is 0 Å². The van der Waals surface area contributed by atoms with E-state index in [-0.39, 0.29) is 17.0 Å². The van der Waals surface area contributed by atoms with E-state index in [1.54, 1.807) is 6.07 Å². The first kappa shape index (κ1) is 11.5. The molecule has 0 atom stereocenters. The van der Waals surface area contributed by atoms with Gasteiger partial charge in [0.1, 0.15) is 17.4 Å². The smallest absolute Gasteiger partial charge is 0.310 e. The van der Waals surface area contributed by atoms with Crippen molar-refractivity contribution in [2.24, 2.45) is 0 Å². The molecule has 0 amide bonds. The van der Waals surface area contributed by atoms with Crippen molar-refractivity contribution in [1.29, 1.82) is 5.26 Å². The fourth-order valence-electron chi connectivity index (χ4n) is 1.06. The molecule has 1 aromatic rings. The van der Waals surface area contributed by atoms with Crippen LogP contribution in [-0.2, 0) is 16.0 Å². The Kier molecular flexibility index (Phi) is 3.64. The molecule has 0 N–H and O–H groups in total. The number of benzene rings is 1. The number of rotatable bonds is 2. The number of nitriles is 1. The quantitative estimate of drug-likeness (QED) is 0.727. The Morgan fingerprint density at radius 3 is 2.87 bits per heavy atom. The van der Waals surface area contributed by atoms with Gasteiger partial charge in [0, 0.05) is 0 Å². The molecule has 0 saturated carbocycles. The Morgan fingerprint density at radius 1 is 1.67 bits per heavy atom. The highest BCUT2D eigenvalue weighted by molar-refractivity contribution is 6.32. The number of methoxy groups -OCH3 is 1. The van der Waals surface area contributed by atoms with Crippen molar-refractivity contribution in [3.05, 3.63) is 34.1 Å². The molecule has 0 aliphatic heterocycles. The van der Waals surface area contributed by atoms with E-state index in [9.17, 15) is 9.18 Å². The summed E-state index contributed by atoms with van der Waals surface area (Å²) in [5, 5.41) is 8.59. The molecule has 0 aromatic heterocycles. The molecule has 78 valence electrons. The van der Waals surface area contributed by atoms with Crippen molar-refractivity contribution in [2.75, 3.05) is 7.11 Å². The van der Waals surface area contributed by atoms with E-state index < -0.39 is 11.8 Å². The third-order valence-corrected chi connectivity index (χ3v) is 2.28. The topological polar surface area (TPSA) is 50.1 Å². The van der Waals surface area contributed by atoms with Crippen LogP contribution in [0.15, 0.2) is 12.1 Å². The van der Waals surface area contributed by atoms with Crippen LogP contribution in [0.2, 0.25) is 5.02 Å². The first-order chi connectivity index (χ1) is 7.10. The lowest BCUT2D eigenvalue weighted by Gasteiger charge is -2.04. The summed E-state index contributed by atoms with van der Waals surface area (Å²) in [5.41, 5.74) is 0.125. The van der Waals surface area contributed by atoms with Crippen LogP contribution < -0.4 is 0 Å². The van der Waals surface area contributed by atoms with Crippen LogP contribution in [0, 0.1) is 17.1 Å². The van der Waals surface area contributed by atoms with Gasteiger partial charge in [0.15, 0.2) is 0 Å². The standard InChI is InChI=1S/C10H7ClFNO2/c1-15-9(14)4-6-2-3-8(12)7(5-13)10(6)11/h2-3H,4H2,1H3. The molecule has 0 spiro atoms. The molecule has 0 heterocycles. The number of ether oxygens (including phenoxy) is 1. The van der Waals surface area contributed by atoms with Gasteiger partial charge < -0.3 is 4.74 Å². The van der Waals surface area contributed by atoms with E-state index in [0.717, 1.165) is 6.07 Å². The highest BCUT2D eigenvalue weighted by Gasteiger charge is 2.13. The normalized spacial score (nSPS) is 9.47. The predicted octanol–water partition coefficient (Wildman–Crippen LogP) is 2.07. The fourth-order valence-corrected chi connectivity index (χ4v) is 1.32. The Bertz CT molecular complexity index is 440. The third kappa shape index (κ3) is 2.45. The summed E-state index contributed by atoms with van der Waals surface area (Å²) in [5.74, 6) is -1.19. The van der Waals surface area contributed by atoms with Gasteiger partial charge in [-0.25, -0.2) is 4.39 Å². The average Bonchev–Trinajstić information content (AvgIpc) is 2.23. The molecule has 3 nitrogen and oxygen atoms in total. The minimum atomic E-state index is -0.698. The van der Waals surface area contributed by atoms with Gasteiger partial charge in [0.2, 0.25) is 0 Å². The highest BCUT2D eigenvalue weighted by atomic mass is 35.5. The van der Waals surface area contributed by atoms with Crippen LogP contribution in [0.25, 0.3) is 0 Å². The van der Waals surface area contributed by atoms with E-state index in [1.807, 2.05) is 0 Å². The summed E-state index contributed by atoms with van der Waals surface area (Å²) in [7, 11) is 1.24.